The summed E-state index contributed by atoms with van der Waals surface area (Å²) in [5.41, 5.74) is 5.77. The minimum Gasteiger partial charge on any atom is -0.484 e. The zero-order chi connectivity index (χ0) is 46.8. The Morgan fingerprint density at radius 2 is 0.644 bits per heavy atom. The maximum Gasteiger partial charge on any atom is 0.324 e. The third kappa shape index (κ3) is 14.6. The molecule has 0 fully saturated rings. The average Bonchev–Trinajstić information content (AvgIpc) is 3.16. The van der Waals surface area contributed by atoms with Crippen molar-refractivity contribution in [3.8, 4) is 5.75 Å². The molecule has 1 atom stereocenters. The third-order valence-corrected chi connectivity index (χ3v) is 14.1. The topological polar surface area (TPSA) is 191 Å². The van der Waals surface area contributed by atoms with E-state index < -0.39 is 48.5 Å². The second-order valence-electron chi connectivity index (χ2n) is 20.2. The zero-order valence-electron chi connectivity index (χ0n) is 40.1. The lowest BCUT2D eigenvalue weighted by atomic mass is 9.65. The van der Waals surface area contributed by atoms with E-state index in [9.17, 15) is 15.3 Å². The lowest BCUT2D eigenvalue weighted by Gasteiger charge is -2.45. The minimum atomic E-state index is -2.62. The molecule has 0 amide bonds. The van der Waals surface area contributed by atoms with Crippen LogP contribution in [0, 0.1) is 5.41 Å². The molecule has 2 rings (SSSR count). The van der Waals surface area contributed by atoms with Crippen molar-refractivity contribution in [2.45, 2.75) is 202 Å². The Morgan fingerprint density at radius 3 is 0.864 bits per heavy atom. The molecule has 0 spiro atoms. The minimum absolute atomic E-state index is 0.0430. The summed E-state index contributed by atoms with van der Waals surface area (Å²) in [7, 11) is -5.24. The number of benzene rings is 2. The van der Waals surface area contributed by atoms with E-state index >= 15 is 0 Å². The largest absolute Gasteiger partial charge is 0.484 e. The number of aliphatic hydroxyl groups excluding tert-OH is 3. The average molecular weight is 873 g/mol. The van der Waals surface area contributed by atoms with Gasteiger partial charge in [0.15, 0.2) is 0 Å². The fourth-order valence-electron chi connectivity index (χ4n) is 6.78. The van der Waals surface area contributed by atoms with Gasteiger partial charge in [0.25, 0.3) is 0 Å². The lowest BCUT2D eigenvalue weighted by Crippen LogP contribution is -2.45. The van der Waals surface area contributed by atoms with E-state index in [2.05, 4.69) is 149 Å². The van der Waals surface area contributed by atoms with Crippen LogP contribution in [0.15, 0.2) is 24.3 Å². The van der Waals surface area contributed by atoms with Crippen molar-refractivity contribution >= 4 is 17.2 Å². The summed E-state index contributed by atoms with van der Waals surface area (Å²) >= 11 is 0. The molecule has 344 valence electrons. The van der Waals surface area contributed by atoms with Crippen molar-refractivity contribution in [1.29, 1.82) is 0 Å². The SMILES string of the molecule is CCC(C)(C)c1cc(C(C)(C)CC)c(OC(c2c(C(C)(C)CC)cc(C(C)(C)CC)cc2C(C)(C)CC)C(CO)(CO)CO)c(C(C)(C)CC)c1.OP(O)O.OP(O)O. The standard InChI is InChI=1S/C47H80O4.2H3O3P/c1-19-41(7,8)32-25-34(43(11,12)21-3)38(35(26-32)44(13,14)22-4)40(47(29-48,30-49)31-50)51-39-36(45(15,16)23-5)27-33(42(9,10)20-2)28-37(39)46(17,18)24-6;2*1-4(2)3/h25-28,40,48-50H,19-24,29-31H2,1-18H3;2*1-3H. The van der Waals surface area contributed by atoms with E-state index in [1.807, 2.05) is 0 Å². The number of hydrogen-bond acceptors (Lipinski definition) is 10. The van der Waals surface area contributed by atoms with Crippen molar-refractivity contribution < 1.29 is 49.4 Å². The van der Waals surface area contributed by atoms with Crippen molar-refractivity contribution in [2.24, 2.45) is 5.41 Å². The summed E-state index contributed by atoms with van der Waals surface area (Å²) in [6.45, 7) is 39.8. The van der Waals surface area contributed by atoms with Gasteiger partial charge < -0.3 is 49.4 Å². The van der Waals surface area contributed by atoms with Crippen molar-refractivity contribution in [3.63, 3.8) is 0 Å². The first-order chi connectivity index (χ1) is 26.8. The van der Waals surface area contributed by atoms with Gasteiger partial charge in [-0.1, -0.05) is 149 Å². The van der Waals surface area contributed by atoms with Crippen LogP contribution in [0.5, 0.6) is 5.75 Å². The van der Waals surface area contributed by atoms with Gasteiger partial charge in [-0.25, -0.2) is 0 Å². The molecule has 0 radical (unpaired) electrons. The summed E-state index contributed by atoms with van der Waals surface area (Å²) in [5, 5.41) is 34.0. The molecule has 2 aromatic carbocycles. The molecule has 0 saturated heterocycles. The molecular weight excluding hydrogens is 786 g/mol. The molecule has 1 unspecified atom stereocenters. The molecule has 9 N–H and O–H groups in total. The van der Waals surface area contributed by atoms with Crippen LogP contribution in [0.25, 0.3) is 0 Å². The van der Waals surface area contributed by atoms with E-state index in [0.717, 1.165) is 61.0 Å². The van der Waals surface area contributed by atoms with Gasteiger partial charge in [0.1, 0.15) is 11.9 Å². The van der Waals surface area contributed by atoms with E-state index in [0.29, 0.717) is 0 Å². The first-order valence-electron chi connectivity index (χ1n) is 21.4. The highest BCUT2D eigenvalue weighted by atomic mass is 31.2. The molecule has 0 aliphatic heterocycles. The van der Waals surface area contributed by atoms with Gasteiger partial charge in [-0.05, 0) is 93.3 Å². The van der Waals surface area contributed by atoms with Crippen LogP contribution in [0.3, 0.4) is 0 Å². The van der Waals surface area contributed by atoms with Gasteiger partial charge in [-0.3, -0.25) is 0 Å². The van der Waals surface area contributed by atoms with Crippen LogP contribution in [-0.4, -0.2) is 64.5 Å². The van der Waals surface area contributed by atoms with Gasteiger partial charge >= 0.3 is 17.2 Å². The second-order valence-corrected chi connectivity index (χ2v) is 21.3. The summed E-state index contributed by atoms with van der Waals surface area (Å²) < 4.78 is 7.71. The molecule has 59 heavy (non-hydrogen) atoms. The van der Waals surface area contributed by atoms with Crippen molar-refractivity contribution in [1.82, 2.24) is 0 Å². The summed E-state index contributed by atoms with van der Waals surface area (Å²) in [4.78, 5) is 43.4. The maximum absolute atomic E-state index is 11.3. The molecule has 10 nitrogen and oxygen atoms in total. The fraction of sp³-hybridized carbons (Fsp3) is 0.745. The molecule has 0 aromatic heterocycles. The van der Waals surface area contributed by atoms with Crippen LogP contribution >= 0.6 is 17.2 Å². The number of hydrogen-bond donors (Lipinski definition) is 9. The first-order valence-corrected chi connectivity index (χ1v) is 23.8. The van der Waals surface area contributed by atoms with Crippen molar-refractivity contribution in [3.05, 3.63) is 63.2 Å². The molecule has 0 aliphatic carbocycles. The second kappa shape index (κ2) is 22.9. The van der Waals surface area contributed by atoms with Crippen LogP contribution in [0.2, 0.25) is 0 Å². The highest BCUT2D eigenvalue weighted by Gasteiger charge is 2.47. The molecule has 2 aromatic rings. The van der Waals surface area contributed by atoms with E-state index in [1.165, 1.54) is 22.3 Å². The molecule has 12 heteroatoms. The first kappa shape index (κ1) is 57.7. The Balaban J connectivity index is 0.00000383. The van der Waals surface area contributed by atoms with Crippen LogP contribution in [-0.2, 0) is 32.5 Å². The predicted molar refractivity (Wildman–Crippen MR) is 247 cm³/mol. The smallest absolute Gasteiger partial charge is 0.324 e. The number of aliphatic hydroxyl groups is 3. The fourth-order valence-corrected chi connectivity index (χ4v) is 6.78. The van der Waals surface area contributed by atoms with Crippen LogP contribution < -0.4 is 4.74 Å². The molecular formula is C47H86O10P2. The highest BCUT2D eigenvalue weighted by molar-refractivity contribution is 7.38. The normalized spacial score (nSPS) is 13.8. The van der Waals surface area contributed by atoms with Crippen LogP contribution in [0.1, 0.15) is 208 Å². The summed E-state index contributed by atoms with van der Waals surface area (Å²) in [5.74, 6) is 0.826. The van der Waals surface area contributed by atoms with Crippen LogP contribution in [0.4, 0.5) is 0 Å². The molecule has 0 bridgehead atoms. The maximum atomic E-state index is 11.3. The molecule has 0 heterocycles. The summed E-state index contributed by atoms with van der Waals surface area (Å²) in [6.07, 6.45) is 4.75. The Labute approximate surface area is 361 Å². The Hall–Kier alpha value is -1.26. The highest BCUT2D eigenvalue weighted by Crippen LogP contribution is 2.53. The van der Waals surface area contributed by atoms with E-state index in [1.54, 1.807) is 0 Å². The third-order valence-electron chi connectivity index (χ3n) is 14.1. The number of ether oxygens (including phenoxy) is 1. The van der Waals surface area contributed by atoms with Gasteiger partial charge in [-0.15, -0.1) is 0 Å². The van der Waals surface area contributed by atoms with Crippen molar-refractivity contribution in [2.75, 3.05) is 19.8 Å². The monoisotopic (exact) mass is 873 g/mol. The Morgan fingerprint density at radius 1 is 0.424 bits per heavy atom. The van der Waals surface area contributed by atoms with Gasteiger partial charge in [0, 0.05) is 16.7 Å². The zero-order valence-corrected chi connectivity index (χ0v) is 41.9. The van der Waals surface area contributed by atoms with E-state index in [4.69, 9.17) is 34.1 Å². The van der Waals surface area contributed by atoms with Gasteiger partial charge in [-0.2, -0.15) is 0 Å². The Bertz CT molecular complexity index is 1480. The quantitative estimate of drug-likeness (QED) is 0.0614. The van der Waals surface area contributed by atoms with Gasteiger partial charge in [0.05, 0.1) is 25.2 Å². The lowest BCUT2D eigenvalue weighted by molar-refractivity contribution is -0.0763. The molecule has 0 saturated carbocycles. The Kier molecular flexibility index (Phi) is 22.4. The van der Waals surface area contributed by atoms with E-state index in [-0.39, 0.29) is 32.5 Å². The summed E-state index contributed by atoms with van der Waals surface area (Å²) in [6, 6.07) is 9.50. The number of rotatable bonds is 19. The molecule has 0 aliphatic rings. The van der Waals surface area contributed by atoms with Gasteiger partial charge in [0.2, 0.25) is 0 Å². The predicted octanol–water partition coefficient (Wildman–Crippen LogP) is 10.3.